The molecule has 0 atom stereocenters. The summed E-state index contributed by atoms with van der Waals surface area (Å²) in [5.74, 6) is 0.136. The number of halogens is 3. The third-order valence-electron chi connectivity index (χ3n) is 4.36. The van der Waals surface area contributed by atoms with Gasteiger partial charge in [0.25, 0.3) is 0 Å². The molecule has 0 bridgehead atoms. The predicted molar refractivity (Wildman–Crippen MR) is 101 cm³/mol. The van der Waals surface area contributed by atoms with Crippen LogP contribution in [-0.2, 0) is 6.18 Å². The van der Waals surface area contributed by atoms with Crippen LogP contribution in [0.1, 0.15) is 5.56 Å². The first-order valence-electron chi connectivity index (χ1n) is 8.52. The van der Waals surface area contributed by atoms with Gasteiger partial charge < -0.3 is 15.5 Å². The van der Waals surface area contributed by atoms with E-state index in [0.717, 1.165) is 12.1 Å². The van der Waals surface area contributed by atoms with Crippen LogP contribution in [0.5, 0.6) is 0 Å². The third-order valence-corrected chi connectivity index (χ3v) is 4.36. The number of H-pyrrole nitrogens is 1. The highest BCUT2D eigenvalue weighted by Gasteiger charge is 2.31. The summed E-state index contributed by atoms with van der Waals surface area (Å²) in [4.78, 5) is 11.5. The number of nitrogens with one attached hydrogen (secondary N) is 2. The smallest absolute Gasteiger partial charge is 0.416 e. The molecule has 4 rings (SSSR count). The number of primary amides is 1. The van der Waals surface area contributed by atoms with Gasteiger partial charge in [0, 0.05) is 11.1 Å². The highest BCUT2D eigenvalue weighted by molar-refractivity contribution is 6.02. The lowest BCUT2D eigenvalue weighted by Gasteiger charge is -2.18. The lowest BCUT2D eigenvalue weighted by atomic mass is 9.89. The van der Waals surface area contributed by atoms with Gasteiger partial charge in [-0.2, -0.15) is 13.2 Å². The third kappa shape index (κ3) is 3.60. The monoisotopic (exact) mass is 414 g/mol. The molecule has 0 saturated carbocycles. The van der Waals surface area contributed by atoms with Gasteiger partial charge in [0.1, 0.15) is 0 Å². The Bertz CT molecular complexity index is 1190. The molecule has 2 amide bonds. The molecule has 0 spiro atoms. The topological polar surface area (TPSA) is 123 Å². The van der Waals surface area contributed by atoms with E-state index in [1.54, 1.807) is 18.2 Å². The molecule has 11 heteroatoms. The maximum absolute atomic E-state index is 13.4. The Morgan fingerprint density at radius 3 is 2.57 bits per heavy atom. The van der Waals surface area contributed by atoms with Gasteiger partial charge in [-0.05, 0) is 45.8 Å². The molecule has 8 nitrogen and oxygen atoms in total. The molecule has 2 heterocycles. The zero-order valence-corrected chi connectivity index (χ0v) is 15.1. The van der Waals surface area contributed by atoms with Gasteiger partial charge in [-0.1, -0.05) is 18.2 Å². The summed E-state index contributed by atoms with van der Waals surface area (Å²) < 4.78 is 45.2. The highest BCUT2D eigenvalue weighted by Crippen LogP contribution is 2.44. The molecule has 0 saturated heterocycles. The van der Waals surface area contributed by atoms with E-state index in [1.807, 2.05) is 0 Å². The van der Waals surface area contributed by atoms with Crippen LogP contribution in [0.3, 0.4) is 0 Å². The molecule has 0 radical (unpaired) electrons. The van der Waals surface area contributed by atoms with Crippen molar-refractivity contribution in [2.45, 2.75) is 6.18 Å². The Morgan fingerprint density at radius 1 is 1.10 bits per heavy atom. The first-order valence-corrected chi connectivity index (χ1v) is 8.52. The number of urea groups is 1. The average Bonchev–Trinajstić information content (AvgIpc) is 3.41. The van der Waals surface area contributed by atoms with E-state index < -0.39 is 17.8 Å². The summed E-state index contributed by atoms with van der Waals surface area (Å²) in [5.41, 5.74) is 6.69. The molecular formula is C19H13F3N6O2. The summed E-state index contributed by atoms with van der Waals surface area (Å²) in [6, 6.07) is 8.82. The minimum Gasteiger partial charge on any atom is -0.472 e. The summed E-state index contributed by atoms with van der Waals surface area (Å²) in [6.45, 7) is 0. The number of nitrogens with zero attached hydrogens (tertiary/aromatic N) is 3. The Kier molecular flexibility index (Phi) is 4.70. The Hall–Kier alpha value is -4.15. The van der Waals surface area contributed by atoms with E-state index in [1.165, 1.54) is 24.7 Å². The van der Waals surface area contributed by atoms with E-state index in [9.17, 15) is 18.0 Å². The van der Waals surface area contributed by atoms with Crippen LogP contribution in [0.15, 0.2) is 59.4 Å². The van der Waals surface area contributed by atoms with Crippen LogP contribution in [0.25, 0.3) is 33.6 Å². The van der Waals surface area contributed by atoms with Crippen LogP contribution in [0, 0.1) is 0 Å². The number of furan rings is 1. The molecule has 2 aromatic carbocycles. The van der Waals surface area contributed by atoms with Gasteiger partial charge in [0.05, 0.1) is 29.3 Å². The number of aromatic amines is 1. The molecule has 30 heavy (non-hydrogen) atoms. The lowest BCUT2D eigenvalue weighted by molar-refractivity contribution is -0.137. The summed E-state index contributed by atoms with van der Waals surface area (Å²) >= 11 is 0. The first kappa shape index (κ1) is 19.2. The van der Waals surface area contributed by atoms with E-state index >= 15 is 0 Å². The van der Waals surface area contributed by atoms with Crippen molar-refractivity contribution in [1.29, 1.82) is 0 Å². The maximum Gasteiger partial charge on any atom is 0.416 e. The fraction of sp³-hybridized carbons (Fsp3) is 0.0526. The minimum absolute atomic E-state index is 0.136. The largest absolute Gasteiger partial charge is 0.472 e. The normalized spacial score (nSPS) is 11.4. The van der Waals surface area contributed by atoms with Crippen molar-refractivity contribution in [3.05, 3.63) is 60.6 Å². The second kappa shape index (κ2) is 7.35. The van der Waals surface area contributed by atoms with Gasteiger partial charge in [-0.25, -0.2) is 9.89 Å². The van der Waals surface area contributed by atoms with Crippen molar-refractivity contribution in [1.82, 2.24) is 20.6 Å². The van der Waals surface area contributed by atoms with Crippen molar-refractivity contribution in [3.63, 3.8) is 0 Å². The number of alkyl halides is 3. The van der Waals surface area contributed by atoms with Crippen LogP contribution in [-0.4, -0.2) is 26.7 Å². The number of anilines is 1. The molecule has 0 aliphatic rings. The fourth-order valence-corrected chi connectivity index (χ4v) is 3.16. The number of hydrogen-bond donors (Lipinski definition) is 3. The quantitative estimate of drug-likeness (QED) is 0.459. The maximum atomic E-state index is 13.4. The van der Waals surface area contributed by atoms with Gasteiger partial charge in [-0.3, -0.25) is 0 Å². The Labute approximate surface area is 166 Å². The van der Waals surface area contributed by atoms with Crippen LogP contribution in [0.2, 0.25) is 0 Å². The fourth-order valence-electron chi connectivity index (χ4n) is 3.16. The molecule has 0 fully saturated rings. The molecule has 152 valence electrons. The average molecular weight is 414 g/mol. The second-order valence-electron chi connectivity index (χ2n) is 6.24. The van der Waals surface area contributed by atoms with Crippen molar-refractivity contribution >= 4 is 11.7 Å². The number of aromatic nitrogens is 4. The molecular weight excluding hydrogens is 401 g/mol. The van der Waals surface area contributed by atoms with E-state index in [0.29, 0.717) is 16.7 Å². The van der Waals surface area contributed by atoms with Crippen LogP contribution < -0.4 is 11.1 Å². The molecule has 0 aliphatic heterocycles. The number of tetrazole rings is 1. The van der Waals surface area contributed by atoms with E-state index in [2.05, 4.69) is 25.9 Å². The standard InChI is InChI=1S/C19H13F3N6O2/c20-19(21,22)12-3-1-2-10(8-12)15-13(11-6-7-30-9-11)4-5-14(24-18(23)29)16(15)17-25-27-28-26-17/h1-9H,(H3,23,24,29)(H,25,26,27,28). The number of carbonyl (C=O) groups excluding carboxylic acids is 1. The van der Waals surface area contributed by atoms with Crippen molar-refractivity contribution < 1.29 is 22.4 Å². The van der Waals surface area contributed by atoms with E-state index in [4.69, 9.17) is 10.2 Å². The zero-order valence-electron chi connectivity index (χ0n) is 15.1. The lowest BCUT2D eigenvalue weighted by Crippen LogP contribution is -2.20. The number of benzene rings is 2. The minimum atomic E-state index is -4.54. The molecule has 4 aromatic rings. The van der Waals surface area contributed by atoms with Gasteiger partial charge in [0.2, 0.25) is 0 Å². The SMILES string of the molecule is NC(=O)Nc1ccc(-c2ccoc2)c(-c2cccc(C(F)(F)F)c2)c1-c1nnn[nH]1. The summed E-state index contributed by atoms with van der Waals surface area (Å²) in [6.07, 6.45) is -1.64. The van der Waals surface area contributed by atoms with Crippen molar-refractivity contribution in [2.24, 2.45) is 5.73 Å². The Balaban J connectivity index is 2.07. The number of hydrogen-bond acceptors (Lipinski definition) is 5. The highest BCUT2D eigenvalue weighted by atomic mass is 19.4. The van der Waals surface area contributed by atoms with Crippen LogP contribution in [0.4, 0.5) is 23.7 Å². The van der Waals surface area contributed by atoms with Gasteiger partial charge >= 0.3 is 12.2 Å². The summed E-state index contributed by atoms with van der Waals surface area (Å²) in [5, 5.41) is 16.0. The Morgan fingerprint density at radius 2 is 1.93 bits per heavy atom. The summed E-state index contributed by atoms with van der Waals surface area (Å²) in [7, 11) is 0. The van der Waals surface area contributed by atoms with Crippen LogP contribution >= 0.6 is 0 Å². The van der Waals surface area contributed by atoms with Gasteiger partial charge in [-0.15, -0.1) is 5.10 Å². The molecule has 4 N–H and O–H groups in total. The number of amides is 2. The van der Waals surface area contributed by atoms with Crippen molar-refractivity contribution in [2.75, 3.05) is 5.32 Å². The zero-order chi connectivity index (χ0) is 21.3. The molecule has 0 unspecified atom stereocenters. The number of nitrogens with two attached hydrogens (primary N) is 1. The van der Waals surface area contributed by atoms with Crippen molar-refractivity contribution in [3.8, 4) is 33.6 Å². The first-order chi connectivity index (χ1) is 14.3. The van der Waals surface area contributed by atoms with Gasteiger partial charge in [0.15, 0.2) is 5.82 Å². The van der Waals surface area contributed by atoms with E-state index in [-0.39, 0.29) is 22.6 Å². The number of carbonyl (C=O) groups is 1. The second-order valence-corrected chi connectivity index (χ2v) is 6.24. The molecule has 2 aromatic heterocycles. The predicted octanol–water partition coefficient (Wildman–Crippen LogP) is 4.30. The number of rotatable bonds is 4. The molecule has 0 aliphatic carbocycles.